The standard InChI is InChI=1S/C26H22BrClN2O4/c1-32-21-9-8-18(25(13-21)33-2)15-30-26(31)20(14-29)11-17-7-10-24(22(27)12-17)34-16-19-5-3-4-6-23(19)28/h3-13H,15-16H2,1-2H3,(H,30,31)/b20-11+. The average molecular weight is 542 g/mol. The Morgan fingerprint density at radius 3 is 2.53 bits per heavy atom. The van der Waals surface area contributed by atoms with Crippen molar-refractivity contribution in [1.82, 2.24) is 5.32 Å². The molecule has 34 heavy (non-hydrogen) atoms. The Labute approximate surface area is 211 Å². The van der Waals surface area contributed by atoms with Crippen LogP contribution in [0.1, 0.15) is 16.7 Å². The number of rotatable bonds is 9. The van der Waals surface area contributed by atoms with E-state index in [4.69, 9.17) is 25.8 Å². The van der Waals surface area contributed by atoms with Crippen molar-refractivity contribution in [2.45, 2.75) is 13.2 Å². The highest BCUT2D eigenvalue weighted by molar-refractivity contribution is 9.10. The van der Waals surface area contributed by atoms with E-state index in [2.05, 4.69) is 21.2 Å². The first-order chi connectivity index (χ1) is 16.4. The third-order valence-electron chi connectivity index (χ3n) is 4.91. The summed E-state index contributed by atoms with van der Waals surface area (Å²) in [5.41, 5.74) is 2.28. The van der Waals surface area contributed by atoms with Crippen LogP contribution >= 0.6 is 27.5 Å². The lowest BCUT2D eigenvalue weighted by Crippen LogP contribution is -2.24. The van der Waals surface area contributed by atoms with Gasteiger partial charge in [-0.3, -0.25) is 4.79 Å². The molecule has 1 amide bonds. The van der Waals surface area contributed by atoms with Gasteiger partial charge >= 0.3 is 0 Å². The van der Waals surface area contributed by atoms with Crippen LogP contribution in [-0.2, 0) is 17.9 Å². The molecule has 6 nitrogen and oxygen atoms in total. The fourth-order valence-electron chi connectivity index (χ4n) is 3.08. The van der Waals surface area contributed by atoms with E-state index >= 15 is 0 Å². The van der Waals surface area contributed by atoms with Crippen LogP contribution in [0.15, 0.2) is 70.7 Å². The van der Waals surface area contributed by atoms with Crippen LogP contribution in [0.2, 0.25) is 5.02 Å². The van der Waals surface area contributed by atoms with Crippen LogP contribution in [0.4, 0.5) is 0 Å². The third-order valence-corrected chi connectivity index (χ3v) is 5.90. The number of nitrogens with one attached hydrogen (secondary N) is 1. The number of carbonyl (C=O) groups excluding carboxylic acids is 1. The molecule has 0 bridgehead atoms. The number of hydrogen-bond donors (Lipinski definition) is 1. The average Bonchev–Trinajstić information content (AvgIpc) is 2.86. The molecule has 174 valence electrons. The van der Waals surface area contributed by atoms with Crippen LogP contribution in [-0.4, -0.2) is 20.1 Å². The SMILES string of the molecule is COc1ccc(CNC(=O)/C(C#N)=C/c2ccc(OCc3ccccc3Cl)c(Br)c2)c(OC)c1. The van der Waals surface area contributed by atoms with Gasteiger partial charge in [0.25, 0.3) is 5.91 Å². The van der Waals surface area contributed by atoms with Crippen molar-refractivity contribution in [2.75, 3.05) is 14.2 Å². The minimum absolute atomic E-state index is 0.0240. The molecule has 0 aliphatic heterocycles. The lowest BCUT2D eigenvalue weighted by molar-refractivity contribution is -0.117. The van der Waals surface area contributed by atoms with Gasteiger partial charge in [0.1, 0.15) is 35.5 Å². The summed E-state index contributed by atoms with van der Waals surface area (Å²) >= 11 is 9.66. The van der Waals surface area contributed by atoms with E-state index in [9.17, 15) is 10.1 Å². The summed E-state index contributed by atoms with van der Waals surface area (Å²) in [6.45, 7) is 0.512. The maximum absolute atomic E-state index is 12.6. The van der Waals surface area contributed by atoms with Gasteiger partial charge in [0, 0.05) is 28.8 Å². The first-order valence-electron chi connectivity index (χ1n) is 10.2. The van der Waals surface area contributed by atoms with Crippen molar-refractivity contribution in [3.63, 3.8) is 0 Å². The minimum atomic E-state index is -0.490. The molecule has 3 aromatic rings. The molecule has 1 N–H and O–H groups in total. The van der Waals surface area contributed by atoms with E-state index in [0.29, 0.717) is 38.9 Å². The quantitative estimate of drug-likeness (QED) is 0.269. The molecule has 0 aliphatic rings. The molecule has 0 heterocycles. The Kier molecular flexibility index (Phi) is 8.97. The second kappa shape index (κ2) is 12.1. The zero-order valence-electron chi connectivity index (χ0n) is 18.6. The zero-order chi connectivity index (χ0) is 24.5. The summed E-state index contributed by atoms with van der Waals surface area (Å²) in [6.07, 6.45) is 1.52. The maximum atomic E-state index is 12.6. The largest absolute Gasteiger partial charge is 0.497 e. The summed E-state index contributed by atoms with van der Waals surface area (Å²) in [7, 11) is 3.11. The van der Waals surface area contributed by atoms with E-state index in [0.717, 1.165) is 11.1 Å². The van der Waals surface area contributed by atoms with Gasteiger partial charge in [-0.25, -0.2) is 0 Å². The van der Waals surface area contributed by atoms with Gasteiger partial charge < -0.3 is 19.5 Å². The smallest absolute Gasteiger partial charge is 0.262 e. The first-order valence-corrected chi connectivity index (χ1v) is 11.4. The normalized spacial score (nSPS) is 10.9. The number of methoxy groups -OCH3 is 2. The van der Waals surface area contributed by atoms with E-state index in [1.165, 1.54) is 6.08 Å². The summed E-state index contributed by atoms with van der Waals surface area (Å²) in [4.78, 5) is 12.6. The van der Waals surface area contributed by atoms with Crippen molar-refractivity contribution < 1.29 is 19.0 Å². The van der Waals surface area contributed by atoms with Crippen molar-refractivity contribution in [3.8, 4) is 23.3 Å². The molecule has 0 saturated heterocycles. The lowest BCUT2D eigenvalue weighted by atomic mass is 10.1. The predicted octanol–water partition coefficient (Wildman–Crippen LogP) is 5.92. The van der Waals surface area contributed by atoms with Crippen LogP contribution < -0.4 is 19.5 Å². The summed E-state index contributed by atoms with van der Waals surface area (Å²) < 4.78 is 17.1. The van der Waals surface area contributed by atoms with E-state index in [1.54, 1.807) is 50.6 Å². The molecule has 3 aromatic carbocycles. The molecule has 0 aromatic heterocycles. The number of benzene rings is 3. The fourth-order valence-corrected chi connectivity index (χ4v) is 3.78. The summed E-state index contributed by atoms with van der Waals surface area (Å²) in [6, 6.07) is 20.0. The zero-order valence-corrected chi connectivity index (χ0v) is 20.9. The Hall–Kier alpha value is -3.47. The van der Waals surface area contributed by atoms with Crippen molar-refractivity contribution in [3.05, 3.63) is 92.4 Å². The topological polar surface area (TPSA) is 80.6 Å². The minimum Gasteiger partial charge on any atom is -0.497 e. The number of amides is 1. The van der Waals surface area contributed by atoms with Gasteiger partial charge in [0.2, 0.25) is 0 Å². The number of halogens is 2. The highest BCUT2D eigenvalue weighted by Gasteiger charge is 2.12. The van der Waals surface area contributed by atoms with Crippen LogP contribution in [0, 0.1) is 11.3 Å². The Morgan fingerprint density at radius 2 is 1.85 bits per heavy atom. The van der Waals surface area contributed by atoms with E-state index < -0.39 is 5.91 Å². The lowest BCUT2D eigenvalue weighted by Gasteiger charge is -2.11. The number of hydrogen-bond acceptors (Lipinski definition) is 5. The number of ether oxygens (including phenoxy) is 3. The molecule has 0 aliphatic carbocycles. The predicted molar refractivity (Wildman–Crippen MR) is 135 cm³/mol. The van der Waals surface area contributed by atoms with Gasteiger partial charge in [-0.2, -0.15) is 5.26 Å². The van der Waals surface area contributed by atoms with E-state index in [1.807, 2.05) is 30.3 Å². The van der Waals surface area contributed by atoms with Crippen LogP contribution in [0.25, 0.3) is 6.08 Å². The molecule has 0 atom stereocenters. The van der Waals surface area contributed by atoms with Crippen LogP contribution in [0.5, 0.6) is 17.2 Å². The summed E-state index contributed by atoms with van der Waals surface area (Å²) in [5.74, 6) is 1.36. The molecule has 0 saturated carbocycles. The first kappa shape index (κ1) is 25.2. The Balaban J connectivity index is 1.67. The molecule has 0 spiro atoms. The molecular weight excluding hydrogens is 520 g/mol. The Morgan fingerprint density at radius 1 is 1.06 bits per heavy atom. The van der Waals surface area contributed by atoms with Gasteiger partial charge in [0.05, 0.1) is 18.7 Å². The Bertz CT molecular complexity index is 1250. The van der Waals surface area contributed by atoms with Crippen molar-refractivity contribution >= 4 is 39.5 Å². The highest BCUT2D eigenvalue weighted by Crippen LogP contribution is 2.29. The van der Waals surface area contributed by atoms with Gasteiger partial charge in [0.15, 0.2) is 0 Å². The molecule has 0 fully saturated rings. The van der Waals surface area contributed by atoms with Crippen LogP contribution in [0.3, 0.4) is 0 Å². The monoisotopic (exact) mass is 540 g/mol. The van der Waals surface area contributed by atoms with E-state index in [-0.39, 0.29) is 12.1 Å². The van der Waals surface area contributed by atoms with Crippen molar-refractivity contribution in [2.24, 2.45) is 0 Å². The van der Waals surface area contributed by atoms with Gasteiger partial charge in [-0.1, -0.05) is 35.9 Å². The number of nitriles is 1. The molecule has 8 heteroatoms. The number of carbonyl (C=O) groups is 1. The molecule has 0 radical (unpaired) electrons. The molecule has 0 unspecified atom stereocenters. The maximum Gasteiger partial charge on any atom is 0.262 e. The number of nitrogens with zero attached hydrogens (tertiary/aromatic N) is 1. The van der Waals surface area contributed by atoms with Crippen molar-refractivity contribution in [1.29, 1.82) is 5.26 Å². The molecule has 3 rings (SSSR count). The summed E-state index contributed by atoms with van der Waals surface area (Å²) in [5, 5.41) is 12.9. The fraction of sp³-hybridized carbons (Fsp3) is 0.154. The second-order valence-corrected chi connectivity index (χ2v) is 8.36. The highest BCUT2D eigenvalue weighted by atomic mass is 79.9. The second-order valence-electron chi connectivity index (χ2n) is 7.10. The van der Waals surface area contributed by atoms with Gasteiger partial charge in [-0.05, 0) is 57.9 Å². The van der Waals surface area contributed by atoms with Gasteiger partial charge in [-0.15, -0.1) is 0 Å². The third kappa shape index (κ3) is 6.53. The molecular formula is C26H22BrClN2O4.